The van der Waals surface area contributed by atoms with Crippen LogP contribution in [0.25, 0.3) is 0 Å². The summed E-state index contributed by atoms with van der Waals surface area (Å²) in [6, 6.07) is 5.82. The predicted molar refractivity (Wildman–Crippen MR) is 50.6 cm³/mol. The molecule has 1 rings (SSSR count). The summed E-state index contributed by atoms with van der Waals surface area (Å²) in [6.07, 6.45) is -1.58. The molecule has 0 atom stereocenters. The summed E-state index contributed by atoms with van der Waals surface area (Å²) < 4.78 is 26.6. The average Bonchev–Trinajstić information content (AvgIpc) is 2.16. The summed E-state index contributed by atoms with van der Waals surface area (Å²) in [7, 11) is -4.06. The van der Waals surface area contributed by atoms with Crippen LogP contribution in [0, 0.1) is 6.92 Å². The number of hydrogen-bond acceptors (Lipinski definition) is 4. The van der Waals surface area contributed by atoms with Gasteiger partial charge in [0, 0.05) is 0 Å². The van der Waals surface area contributed by atoms with Crippen LogP contribution in [-0.4, -0.2) is 19.6 Å². The van der Waals surface area contributed by atoms with E-state index >= 15 is 0 Å². The Morgan fingerprint density at radius 3 is 2.33 bits per heavy atom. The van der Waals surface area contributed by atoms with Gasteiger partial charge in [0.05, 0.1) is 4.90 Å². The molecule has 0 aromatic heterocycles. The van der Waals surface area contributed by atoms with E-state index in [4.69, 9.17) is 5.11 Å². The molecule has 0 fully saturated rings. The van der Waals surface area contributed by atoms with E-state index in [1.807, 2.05) is 0 Å². The summed E-state index contributed by atoms with van der Waals surface area (Å²) in [4.78, 5) is 9.92. The Bertz CT molecular complexity index is 450. The fraction of sp³-hybridized carbons (Fsp3) is 0.125. The number of aryl methyl sites for hydroxylation is 1. The van der Waals surface area contributed by atoms with Crippen LogP contribution in [0.2, 0.25) is 0 Å². The normalized spacial score (nSPS) is 11.0. The van der Waals surface area contributed by atoms with Gasteiger partial charge in [0.1, 0.15) is 0 Å². The second-order valence-electron chi connectivity index (χ2n) is 2.76. The smallest absolute Gasteiger partial charge is 0.429 e. The molecule has 2 N–H and O–H groups in total. The summed E-state index contributed by atoms with van der Waals surface area (Å²) >= 11 is 0. The highest BCUT2D eigenvalue weighted by atomic mass is 32.2. The van der Waals surface area contributed by atoms with Gasteiger partial charge in [-0.2, -0.15) is 13.9 Å². The Labute approximate surface area is 86.6 Å². The quantitative estimate of drug-likeness (QED) is 0.753. The van der Waals surface area contributed by atoms with Crippen LogP contribution in [0.15, 0.2) is 29.2 Å². The maximum atomic E-state index is 11.3. The molecule has 0 saturated carbocycles. The van der Waals surface area contributed by atoms with Crippen molar-refractivity contribution in [3.05, 3.63) is 29.8 Å². The van der Waals surface area contributed by atoms with E-state index in [1.54, 1.807) is 19.1 Å². The molecule has 15 heavy (non-hydrogen) atoms. The Balaban J connectivity index is 2.87. The van der Waals surface area contributed by atoms with Crippen LogP contribution in [0.4, 0.5) is 4.79 Å². The van der Waals surface area contributed by atoms with Crippen molar-refractivity contribution in [2.24, 2.45) is 0 Å². The molecule has 0 aliphatic heterocycles. The van der Waals surface area contributed by atoms with Gasteiger partial charge in [-0.3, -0.25) is 0 Å². The van der Waals surface area contributed by atoms with Crippen molar-refractivity contribution < 1.29 is 22.6 Å². The Morgan fingerprint density at radius 1 is 1.33 bits per heavy atom. The molecule has 6 nitrogen and oxygen atoms in total. The first-order valence-corrected chi connectivity index (χ1v) is 5.32. The number of benzene rings is 1. The van der Waals surface area contributed by atoms with E-state index in [1.165, 1.54) is 17.6 Å². The largest absolute Gasteiger partial charge is 0.464 e. The molecule has 0 radical (unpaired) electrons. The molecule has 0 saturated heterocycles. The van der Waals surface area contributed by atoms with Gasteiger partial charge < -0.3 is 5.11 Å². The minimum absolute atomic E-state index is 0.109. The fourth-order valence-corrected chi connectivity index (χ4v) is 1.59. The number of amides is 1. The van der Waals surface area contributed by atoms with Crippen LogP contribution in [0.5, 0.6) is 0 Å². The molecular weight excluding hydrogens is 222 g/mol. The van der Waals surface area contributed by atoms with Crippen molar-refractivity contribution in [2.75, 3.05) is 0 Å². The predicted octanol–water partition coefficient (Wildman–Crippen LogP) is 0.883. The first kappa shape index (κ1) is 11.5. The van der Waals surface area contributed by atoms with E-state index in [0.717, 1.165) is 5.56 Å². The number of carboxylic acid groups (broad SMARTS) is 1. The van der Waals surface area contributed by atoms with Gasteiger partial charge >= 0.3 is 16.2 Å². The highest BCUT2D eigenvalue weighted by Crippen LogP contribution is 2.11. The van der Waals surface area contributed by atoms with Gasteiger partial charge in [-0.05, 0) is 19.1 Å². The van der Waals surface area contributed by atoms with E-state index in [0.29, 0.717) is 0 Å². The Hall–Kier alpha value is -1.60. The highest BCUT2D eigenvalue weighted by molar-refractivity contribution is 7.86. The average molecular weight is 231 g/mol. The van der Waals surface area contributed by atoms with Crippen molar-refractivity contribution in [3.63, 3.8) is 0 Å². The molecule has 1 aromatic carbocycles. The van der Waals surface area contributed by atoms with Gasteiger partial charge in [0.2, 0.25) is 0 Å². The van der Waals surface area contributed by atoms with Gasteiger partial charge in [-0.1, -0.05) is 17.7 Å². The van der Waals surface area contributed by atoms with E-state index in [-0.39, 0.29) is 4.90 Å². The molecular formula is C8H9NO5S. The zero-order valence-corrected chi connectivity index (χ0v) is 8.61. The van der Waals surface area contributed by atoms with Gasteiger partial charge in [-0.15, -0.1) is 4.28 Å². The maximum absolute atomic E-state index is 11.3. The lowest BCUT2D eigenvalue weighted by Gasteiger charge is -2.03. The first-order valence-electron chi connectivity index (χ1n) is 3.91. The molecule has 7 heteroatoms. The third kappa shape index (κ3) is 3.22. The number of carbonyl (C=O) groups is 1. The zero-order valence-electron chi connectivity index (χ0n) is 7.80. The molecule has 82 valence electrons. The second kappa shape index (κ2) is 4.28. The summed E-state index contributed by atoms with van der Waals surface area (Å²) in [5, 5.41) is 8.17. The molecule has 1 amide bonds. The third-order valence-electron chi connectivity index (χ3n) is 1.55. The second-order valence-corrected chi connectivity index (χ2v) is 4.30. The zero-order chi connectivity index (χ0) is 11.5. The number of nitrogens with one attached hydrogen (secondary N) is 1. The fourth-order valence-electron chi connectivity index (χ4n) is 0.844. The maximum Gasteiger partial charge on any atom is 0.429 e. The Kier molecular flexibility index (Phi) is 3.28. The van der Waals surface area contributed by atoms with Crippen LogP contribution in [0.1, 0.15) is 5.56 Å². The monoisotopic (exact) mass is 231 g/mol. The SMILES string of the molecule is Cc1ccc(S(=O)(=O)ONC(=O)O)cc1. The minimum Gasteiger partial charge on any atom is -0.464 e. The van der Waals surface area contributed by atoms with Crippen LogP contribution >= 0.6 is 0 Å². The molecule has 0 unspecified atom stereocenters. The third-order valence-corrected chi connectivity index (χ3v) is 2.70. The number of hydrogen-bond donors (Lipinski definition) is 2. The standard InChI is InChI=1S/C8H9NO5S/c1-6-2-4-7(5-3-6)15(12,13)14-9-8(10)11/h2-5,9H,1H3,(H,10,11). The summed E-state index contributed by atoms with van der Waals surface area (Å²) in [5.41, 5.74) is 2.22. The van der Waals surface area contributed by atoms with E-state index in [9.17, 15) is 13.2 Å². The number of hydroxylamine groups is 1. The van der Waals surface area contributed by atoms with Crippen molar-refractivity contribution in [3.8, 4) is 0 Å². The van der Waals surface area contributed by atoms with Crippen LogP contribution in [-0.2, 0) is 14.4 Å². The van der Waals surface area contributed by atoms with E-state index in [2.05, 4.69) is 4.28 Å². The van der Waals surface area contributed by atoms with Gasteiger partial charge in [-0.25, -0.2) is 4.79 Å². The molecule has 0 heterocycles. The van der Waals surface area contributed by atoms with Gasteiger partial charge in [0.25, 0.3) is 0 Å². The summed E-state index contributed by atoms with van der Waals surface area (Å²) in [5.74, 6) is 0. The molecule has 0 spiro atoms. The lowest BCUT2D eigenvalue weighted by atomic mass is 10.2. The Morgan fingerprint density at radius 2 is 1.87 bits per heavy atom. The molecule has 1 aromatic rings. The van der Waals surface area contributed by atoms with Crippen LogP contribution in [0.3, 0.4) is 0 Å². The molecule has 0 bridgehead atoms. The van der Waals surface area contributed by atoms with Crippen molar-refractivity contribution >= 4 is 16.2 Å². The first-order chi connectivity index (χ1) is 6.92. The van der Waals surface area contributed by atoms with Crippen molar-refractivity contribution in [1.29, 1.82) is 0 Å². The van der Waals surface area contributed by atoms with Gasteiger partial charge in [0.15, 0.2) is 0 Å². The molecule has 0 aliphatic rings. The van der Waals surface area contributed by atoms with Crippen molar-refractivity contribution in [2.45, 2.75) is 11.8 Å². The summed E-state index contributed by atoms with van der Waals surface area (Å²) in [6.45, 7) is 1.80. The topological polar surface area (TPSA) is 92.7 Å². The minimum atomic E-state index is -4.06. The lowest BCUT2D eigenvalue weighted by Crippen LogP contribution is -2.25. The van der Waals surface area contributed by atoms with Crippen molar-refractivity contribution in [1.82, 2.24) is 5.48 Å². The molecule has 0 aliphatic carbocycles. The number of rotatable bonds is 3. The highest BCUT2D eigenvalue weighted by Gasteiger charge is 2.16. The van der Waals surface area contributed by atoms with E-state index < -0.39 is 16.2 Å². The lowest BCUT2D eigenvalue weighted by molar-refractivity contribution is 0.139. The van der Waals surface area contributed by atoms with Crippen LogP contribution < -0.4 is 5.48 Å².